The smallest absolute Gasteiger partial charge is 0.308 e. The third-order valence-corrected chi connectivity index (χ3v) is 2.67. The standard InChI is InChI=1S/C12H18N2O4/c1-3-5-8(12(16)17)6-13-11(15)10-9(4-2)18-7-14-10/h7-8H,3-6H2,1-2H3,(H,13,15)(H,16,17). The van der Waals surface area contributed by atoms with Crippen LogP contribution in [-0.4, -0.2) is 28.5 Å². The minimum absolute atomic E-state index is 0.109. The van der Waals surface area contributed by atoms with Crippen molar-refractivity contribution in [2.24, 2.45) is 5.92 Å². The Morgan fingerprint density at radius 1 is 1.50 bits per heavy atom. The zero-order valence-electron chi connectivity index (χ0n) is 10.6. The molecule has 1 rings (SSSR count). The Labute approximate surface area is 105 Å². The first-order chi connectivity index (χ1) is 8.60. The molecule has 1 atom stereocenters. The summed E-state index contributed by atoms with van der Waals surface area (Å²) in [4.78, 5) is 26.5. The minimum Gasteiger partial charge on any atom is -0.481 e. The van der Waals surface area contributed by atoms with Gasteiger partial charge in [0, 0.05) is 13.0 Å². The van der Waals surface area contributed by atoms with Gasteiger partial charge in [0.1, 0.15) is 5.76 Å². The van der Waals surface area contributed by atoms with Crippen LogP contribution < -0.4 is 5.32 Å². The molecule has 0 spiro atoms. The minimum atomic E-state index is -0.895. The topological polar surface area (TPSA) is 92.4 Å². The molecule has 1 aromatic rings. The van der Waals surface area contributed by atoms with Gasteiger partial charge in [0.05, 0.1) is 5.92 Å². The SMILES string of the molecule is CCCC(CNC(=O)c1ncoc1CC)C(=O)O. The lowest BCUT2D eigenvalue weighted by Crippen LogP contribution is -2.33. The Bertz CT molecular complexity index is 414. The van der Waals surface area contributed by atoms with E-state index >= 15 is 0 Å². The summed E-state index contributed by atoms with van der Waals surface area (Å²) >= 11 is 0. The molecule has 100 valence electrons. The van der Waals surface area contributed by atoms with Gasteiger partial charge < -0.3 is 14.8 Å². The zero-order valence-corrected chi connectivity index (χ0v) is 10.6. The molecule has 1 unspecified atom stereocenters. The molecule has 1 aromatic heterocycles. The molecule has 2 N–H and O–H groups in total. The Morgan fingerprint density at radius 3 is 2.78 bits per heavy atom. The molecule has 6 nitrogen and oxygen atoms in total. The lowest BCUT2D eigenvalue weighted by atomic mass is 10.0. The highest BCUT2D eigenvalue weighted by Crippen LogP contribution is 2.09. The molecule has 0 aliphatic carbocycles. The van der Waals surface area contributed by atoms with E-state index in [1.54, 1.807) is 0 Å². The number of carbonyl (C=O) groups is 2. The van der Waals surface area contributed by atoms with Gasteiger partial charge in [-0.15, -0.1) is 0 Å². The van der Waals surface area contributed by atoms with E-state index in [9.17, 15) is 9.59 Å². The van der Waals surface area contributed by atoms with Crippen molar-refractivity contribution in [3.63, 3.8) is 0 Å². The van der Waals surface area contributed by atoms with E-state index in [-0.39, 0.29) is 18.1 Å². The summed E-state index contributed by atoms with van der Waals surface area (Å²) < 4.78 is 5.05. The average Bonchev–Trinajstić information content (AvgIpc) is 2.81. The number of aryl methyl sites for hydroxylation is 1. The fourth-order valence-corrected chi connectivity index (χ4v) is 1.67. The lowest BCUT2D eigenvalue weighted by molar-refractivity contribution is -0.141. The van der Waals surface area contributed by atoms with E-state index in [0.29, 0.717) is 18.6 Å². The van der Waals surface area contributed by atoms with Gasteiger partial charge in [-0.2, -0.15) is 0 Å². The van der Waals surface area contributed by atoms with Crippen LogP contribution in [0.4, 0.5) is 0 Å². The van der Waals surface area contributed by atoms with E-state index in [1.807, 2.05) is 13.8 Å². The second-order valence-electron chi connectivity index (χ2n) is 4.01. The molecular formula is C12H18N2O4. The fraction of sp³-hybridized carbons (Fsp3) is 0.583. The van der Waals surface area contributed by atoms with Crippen LogP contribution in [0.25, 0.3) is 0 Å². The molecule has 6 heteroatoms. The van der Waals surface area contributed by atoms with Crippen LogP contribution in [0, 0.1) is 5.92 Å². The van der Waals surface area contributed by atoms with E-state index in [0.717, 1.165) is 6.42 Å². The second kappa shape index (κ2) is 6.78. The Hall–Kier alpha value is -1.85. The summed E-state index contributed by atoms with van der Waals surface area (Å²) in [6.45, 7) is 3.87. The summed E-state index contributed by atoms with van der Waals surface area (Å²) in [5.41, 5.74) is 0.234. The van der Waals surface area contributed by atoms with Crippen LogP contribution in [0.15, 0.2) is 10.8 Å². The maximum atomic E-state index is 11.8. The molecule has 0 bridgehead atoms. The van der Waals surface area contributed by atoms with Crippen LogP contribution in [-0.2, 0) is 11.2 Å². The van der Waals surface area contributed by atoms with E-state index in [4.69, 9.17) is 9.52 Å². The first kappa shape index (κ1) is 14.2. The predicted octanol–water partition coefficient (Wildman–Crippen LogP) is 1.47. The molecule has 0 saturated carbocycles. The van der Waals surface area contributed by atoms with E-state index in [1.165, 1.54) is 6.39 Å². The lowest BCUT2D eigenvalue weighted by Gasteiger charge is -2.11. The molecule has 0 fully saturated rings. The predicted molar refractivity (Wildman–Crippen MR) is 64.2 cm³/mol. The van der Waals surface area contributed by atoms with Gasteiger partial charge in [0.2, 0.25) is 0 Å². The van der Waals surface area contributed by atoms with Crippen molar-refractivity contribution in [3.05, 3.63) is 17.8 Å². The average molecular weight is 254 g/mol. The van der Waals surface area contributed by atoms with Crippen LogP contribution in [0.3, 0.4) is 0 Å². The van der Waals surface area contributed by atoms with E-state index < -0.39 is 11.9 Å². The number of nitrogens with one attached hydrogen (secondary N) is 1. The number of carboxylic acids is 1. The zero-order chi connectivity index (χ0) is 13.5. The maximum absolute atomic E-state index is 11.8. The maximum Gasteiger partial charge on any atom is 0.308 e. The molecule has 0 aromatic carbocycles. The van der Waals surface area contributed by atoms with Crippen molar-refractivity contribution in [1.82, 2.24) is 10.3 Å². The molecule has 0 radical (unpaired) electrons. The van der Waals surface area contributed by atoms with Crippen LogP contribution >= 0.6 is 0 Å². The monoisotopic (exact) mass is 254 g/mol. The Balaban J connectivity index is 2.57. The number of aliphatic carboxylic acids is 1. The van der Waals surface area contributed by atoms with E-state index in [2.05, 4.69) is 10.3 Å². The quantitative estimate of drug-likeness (QED) is 0.768. The number of aromatic nitrogens is 1. The van der Waals surface area contributed by atoms with Crippen molar-refractivity contribution in [2.75, 3.05) is 6.54 Å². The summed E-state index contributed by atoms with van der Waals surface area (Å²) in [5.74, 6) is -1.33. The van der Waals surface area contributed by atoms with Crippen molar-refractivity contribution >= 4 is 11.9 Å². The molecule has 0 aliphatic heterocycles. The first-order valence-corrected chi connectivity index (χ1v) is 6.03. The number of oxazole rings is 1. The third-order valence-electron chi connectivity index (χ3n) is 2.67. The fourth-order valence-electron chi connectivity index (χ4n) is 1.67. The number of carboxylic acid groups (broad SMARTS) is 1. The molecule has 1 amide bonds. The number of nitrogens with zero attached hydrogens (tertiary/aromatic N) is 1. The summed E-state index contributed by atoms with van der Waals surface area (Å²) in [6.07, 6.45) is 3.08. The third kappa shape index (κ3) is 3.58. The van der Waals surface area contributed by atoms with Gasteiger partial charge in [0.15, 0.2) is 12.1 Å². The van der Waals surface area contributed by atoms with Crippen molar-refractivity contribution in [3.8, 4) is 0 Å². The van der Waals surface area contributed by atoms with Crippen molar-refractivity contribution in [1.29, 1.82) is 0 Å². The Kier molecular flexibility index (Phi) is 5.35. The molecule has 0 aliphatic rings. The van der Waals surface area contributed by atoms with Crippen LogP contribution in [0.1, 0.15) is 42.9 Å². The molecule has 18 heavy (non-hydrogen) atoms. The number of amides is 1. The normalized spacial score (nSPS) is 12.1. The highest BCUT2D eigenvalue weighted by Gasteiger charge is 2.20. The van der Waals surface area contributed by atoms with Crippen molar-refractivity contribution in [2.45, 2.75) is 33.1 Å². The molecular weight excluding hydrogens is 236 g/mol. The Morgan fingerprint density at radius 2 is 2.22 bits per heavy atom. The number of carbonyl (C=O) groups excluding carboxylic acids is 1. The second-order valence-corrected chi connectivity index (χ2v) is 4.01. The summed E-state index contributed by atoms with van der Waals surface area (Å²) in [5, 5.41) is 11.5. The van der Waals surface area contributed by atoms with Gasteiger partial charge in [-0.25, -0.2) is 4.98 Å². The van der Waals surface area contributed by atoms with Gasteiger partial charge in [-0.05, 0) is 6.42 Å². The summed E-state index contributed by atoms with van der Waals surface area (Å²) in [6, 6.07) is 0. The number of hydrogen-bond donors (Lipinski definition) is 2. The first-order valence-electron chi connectivity index (χ1n) is 6.03. The van der Waals surface area contributed by atoms with Gasteiger partial charge in [-0.3, -0.25) is 9.59 Å². The van der Waals surface area contributed by atoms with Crippen molar-refractivity contribution < 1.29 is 19.1 Å². The molecule has 0 saturated heterocycles. The van der Waals surface area contributed by atoms with Gasteiger partial charge >= 0.3 is 5.97 Å². The van der Waals surface area contributed by atoms with Gasteiger partial charge in [0.25, 0.3) is 5.91 Å². The summed E-state index contributed by atoms with van der Waals surface area (Å²) in [7, 11) is 0. The number of rotatable bonds is 7. The van der Waals surface area contributed by atoms with Gasteiger partial charge in [-0.1, -0.05) is 20.3 Å². The van der Waals surface area contributed by atoms with Crippen LogP contribution in [0.2, 0.25) is 0 Å². The largest absolute Gasteiger partial charge is 0.481 e. The van der Waals surface area contributed by atoms with Crippen LogP contribution in [0.5, 0.6) is 0 Å². The number of hydrogen-bond acceptors (Lipinski definition) is 4. The molecule has 1 heterocycles. The highest BCUT2D eigenvalue weighted by molar-refractivity contribution is 5.93. The highest BCUT2D eigenvalue weighted by atomic mass is 16.4.